The van der Waals surface area contributed by atoms with Gasteiger partial charge in [0.25, 0.3) is 0 Å². The standard InChI is InChI=1S/C14H20N2O4/c17-13(16-10-14(18)6-8-19-11-14)15-7-9-20-12-4-2-1-3-5-12/h1-5,18H,6-11H2,(H2,15,16,17)/t14-/m0/s1. The molecule has 2 rings (SSSR count). The zero-order valence-corrected chi connectivity index (χ0v) is 11.3. The van der Waals surface area contributed by atoms with Crippen molar-refractivity contribution in [3.63, 3.8) is 0 Å². The van der Waals surface area contributed by atoms with Crippen LogP contribution < -0.4 is 15.4 Å². The molecule has 1 aliphatic heterocycles. The van der Waals surface area contributed by atoms with Crippen molar-refractivity contribution in [3.8, 4) is 5.75 Å². The van der Waals surface area contributed by atoms with Crippen molar-refractivity contribution >= 4 is 6.03 Å². The van der Waals surface area contributed by atoms with Gasteiger partial charge in [-0.05, 0) is 12.1 Å². The summed E-state index contributed by atoms with van der Waals surface area (Å²) < 4.78 is 10.5. The first-order valence-electron chi connectivity index (χ1n) is 6.68. The highest BCUT2D eigenvalue weighted by Gasteiger charge is 2.32. The van der Waals surface area contributed by atoms with Crippen molar-refractivity contribution < 1.29 is 19.4 Å². The van der Waals surface area contributed by atoms with E-state index in [2.05, 4.69) is 10.6 Å². The van der Waals surface area contributed by atoms with Crippen LogP contribution in [0, 0.1) is 0 Å². The molecule has 6 heteroatoms. The second kappa shape index (κ2) is 7.12. The van der Waals surface area contributed by atoms with Gasteiger partial charge in [-0.2, -0.15) is 0 Å². The highest BCUT2D eigenvalue weighted by Crippen LogP contribution is 2.16. The number of urea groups is 1. The van der Waals surface area contributed by atoms with E-state index < -0.39 is 5.60 Å². The molecule has 0 unspecified atom stereocenters. The first-order chi connectivity index (χ1) is 9.68. The van der Waals surface area contributed by atoms with E-state index in [1.54, 1.807) is 0 Å². The molecule has 110 valence electrons. The van der Waals surface area contributed by atoms with Gasteiger partial charge in [0.15, 0.2) is 0 Å². The number of hydrogen-bond donors (Lipinski definition) is 3. The third-order valence-electron chi connectivity index (χ3n) is 3.06. The highest BCUT2D eigenvalue weighted by molar-refractivity contribution is 5.73. The first-order valence-corrected chi connectivity index (χ1v) is 6.68. The number of amides is 2. The molecule has 20 heavy (non-hydrogen) atoms. The van der Waals surface area contributed by atoms with E-state index in [0.29, 0.717) is 26.2 Å². The van der Waals surface area contributed by atoms with Gasteiger partial charge in [-0.3, -0.25) is 0 Å². The molecule has 1 aliphatic rings. The summed E-state index contributed by atoms with van der Waals surface area (Å²) in [5, 5.41) is 15.3. The number of carbonyl (C=O) groups is 1. The van der Waals surface area contributed by atoms with Crippen molar-refractivity contribution in [2.75, 3.05) is 32.9 Å². The Morgan fingerprint density at radius 2 is 2.15 bits per heavy atom. The van der Waals surface area contributed by atoms with Crippen molar-refractivity contribution in [3.05, 3.63) is 30.3 Å². The van der Waals surface area contributed by atoms with E-state index in [0.717, 1.165) is 5.75 Å². The quantitative estimate of drug-likeness (QED) is 0.664. The van der Waals surface area contributed by atoms with Gasteiger partial charge in [-0.15, -0.1) is 0 Å². The molecule has 1 fully saturated rings. The van der Waals surface area contributed by atoms with E-state index in [-0.39, 0.29) is 19.2 Å². The second-order valence-electron chi connectivity index (χ2n) is 4.80. The third kappa shape index (κ3) is 4.71. The summed E-state index contributed by atoms with van der Waals surface area (Å²) in [5.74, 6) is 0.770. The Morgan fingerprint density at radius 3 is 2.85 bits per heavy atom. The lowest BCUT2D eigenvalue weighted by atomic mass is 10.0. The lowest BCUT2D eigenvalue weighted by Crippen LogP contribution is -2.47. The number of para-hydroxylation sites is 1. The van der Waals surface area contributed by atoms with Gasteiger partial charge in [0.1, 0.15) is 18.0 Å². The van der Waals surface area contributed by atoms with Crippen LogP contribution in [0.5, 0.6) is 5.75 Å². The molecule has 1 aromatic rings. The number of nitrogens with one attached hydrogen (secondary N) is 2. The molecule has 0 bridgehead atoms. The normalized spacial score (nSPS) is 21.4. The fourth-order valence-corrected chi connectivity index (χ4v) is 1.89. The molecular formula is C14H20N2O4. The summed E-state index contributed by atoms with van der Waals surface area (Å²) >= 11 is 0. The van der Waals surface area contributed by atoms with Gasteiger partial charge in [-0.25, -0.2) is 4.79 Å². The summed E-state index contributed by atoms with van der Waals surface area (Å²) in [6.45, 7) is 1.79. The van der Waals surface area contributed by atoms with Crippen LogP contribution in [-0.4, -0.2) is 49.6 Å². The zero-order valence-electron chi connectivity index (χ0n) is 11.3. The van der Waals surface area contributed by atoms with Gasteiger partial charge in [0.05, 0.1) is 19.7 Å². The average molecular weight is 280 g/mol. The molecule has 1 atom stereocenters. The van der Waals surface area contributed by atoms with E-state index in [9.17, 15) is 9.90 Å². The molecule has 3 N–H and O–H groups in total. The number of benzene rings is 1. The highest BCUT2D eigenvalue weighted by atomic mass is 16.5. The molecule has 0 spiro atoms. The van der Waals surface area contributed by atoms with Crippen molar-refractivity contribution in [2.24, 2.45) is 0 Å². The predicted molar refractivity (Wildman–Crippen MR) is 73.7 cm³/mol. The lowest BCUT2D eigenvalue weighted by Gasteiger charge is -2.20. The Morgan fingerprint density at radius 1 is 1.35 bits per heavy atom. The maximum Gasteiger partial charge on any atom is 0.315 e. The van der Waals surface area contributed by atoms with Gasteiger partial charge in [-0.1, -0.05) is 18.2 Å². The smallest absolute Gasteiger partial charge is 0.315 e. The van der Waals surface area contributed by atoms with E-state index >= 15 is 0 Å². The average Bonchev–Trinajstić information content (AvgIpc) is 2.90. The van der Waals surface area contributed by atoms with Crippen LogP contribution in [0.1, 0.15) is 6.42 Å². The summed E-state index contributed by atoms with van der Waals surface area (Å²) in [5.41, 5.74) is -0.933. The number of aliphatic hydroxyl groups is 1. The number of ether oxygens (including phenoxy) is 2. The topological polar surface area (TPSA) is 79.8 Å². The predicted octanol–water partition coefficient (Wildman–Crippen LogP) is 0.516. The maximum atomic E-state index is 11.5. The largest absolute Gasteiger partial charge is 0.492 e. The Labute approximate surface area is 118 Å². The minimum Gasteiger partial charge on any atom is -0.492 e. The molecule has 1 saturated heterocycles. The summed E-state index contributed by atoms with van der Waals surface area (Å²) in [4.78, 5) is 11.5. The number of hydrogen-bond acceptors (Lipinski definition) is 4. The molecular weight excluding hydrogens is 260 g/mol. The van der Waals surface area contributed by atoms with Crippen LogP contribution in [0.4, 0.5) is 4.79 Å². The first kappa shape index (κ1) is 14.6. The van der Waals surface area contributed by atoms with Crippen LogP contribution in [-0.2, 0) is 4.74 Å². The third-order valence-corrected chi connectivity index (χ3v) is 3.06. The van der Waals surface area contributed by atoms with E-state index in [1.807, 2.05) is 30.3 Å². The van der Waals surface area contributed by atoms with E-state index in [4.69, 9.17) is 9.47 Å². The fraction of sp³-hybridized carbons (Fsp3) is 0.500. The van der Waals surface area contributed by atoms with Crippen molar-refractivity contribution in [1.29, 1.82) is 0 Å². The number of carbonyl (C=O) groups excluding carboxylic acids is 1. The van der Waals surface area contributed by atoms with Crippen LogP contribution in [0.2, 0.25) is 0 Å². The Bertz CT molecular complexity index is 418. The van der Waals surface area contributed by atoms with Gasteiger partial charge in [0, 0.05) is 13.0 Å². The summed E-state index contributed by atoms with van der Waals surface area (Å²) in [6, 6.07) is 9.09. The SMILES string of the molecule is O=C(NCCOc1ccccc1)NC[C@@]1(O)CCOC1. The zero-order chi connectivity index (χ0) is 14.3. The van der Waals surface area contributed by atoms with Crippen LogP contribution in [0.25, 0.3) is 0 Å². The molecule has 6 nitrogen and oxygen atoms in total. The second-order valence-corrected chi connectivity index (χ2v) is 4.80. The van der Waals surface area contributed by atoms with Crippen molar-refractivity contribution in [1.82, 2.24) is 10.6 Å². The van der Waals surface area contributed by atoms with Gasteiger partial charge < -0.3 is 25.2 Å². The monoisotopic (exact) mass is 280 g/mol. The van der Waals surface area contributed by atoms with E-state index in [1.165, 1.54) is 0 Å². The molecule has 0 radical (unpaired) electrons. The van der Waals surface area contributed by atoms with Crippen molar-refractivity contribution in [2.45, 2.75) is 12.0 Å². The van der Waals surface area contributed by atoms with Gasteiger partial charge >= 0.3 is 6.03 Å². The lowest BCUT2D eigenvalue weighted by molar-refractivity contribution is 0.0291. The Balaban J connectivity index is 1.56. The fourth-order valence-electron chi connectivity index (χ4n) is 1.89. The van der Waals surface area contributed by atoms with Gasteiger partial charge in [0.2, 0.25) is 0 Å². The molecule has 2 amide bonds. The minimum atomic E-state index is -0.933. The molecule has 0 aliphatic carbocycles. The number of rotatable bonds is 6. The molecule has 1 heterocycles. The molecule has 0 aromatic heterocycles. The molecule has 1 aromatic carbocycles. The summed E-state index contributed by atoms with van der Waals surface area (Å²) in [7, 11) is 0. The van der Waals surface area contributed by atoms with Crippen LogP contribution in [0.3, 0.4) is 0 Å². The summed E-state index contributed by atoms with van der Waals surface area (Å²) in [6.07, 6.45) is 0.546. The maximum absolute atomic E-state index is 11.5. The van der Waals surface area contributed by atoms with Crippen LogP contribution in [0.15, 0.2) is 30.3 Å². The minimum absolute atomic E-state index is 0.193. The molecule has 0 saturated carbocycles. The van der Waals surface area contributed by atoms with Crippen LogP contribution >= 0.6 is 0 Å². The Hall–Kier alpha value is -1.79. The Kier molecular flexibility index (Phi) is 5.20.